The maximum atomic E-state index is 11.7. The smallest absolute Gasteiger partial charge is 0.331 e. The Morgan fingerprint density at radius 1 is 1.19 bits per heavy atom. The molecule has 0 amide bonds. The van der Waals surface area contributed by atoms with Gasteiger partial charge in [0.25, 0.3) is 0 Å². The topological polar surface area (TPSA) is 61.5 Å². The number of benzene rings is 2. The van der Waals surface area contributed by atoms with Gasteiger partial charge in [0.05, 0.1) is 7.11 Å². The first-order valence-corrected chi connectivity index (χ1v) is 6.50. The Morgan fingerprint density at radius 3 is 2.76 bits per heavy atom. The Labute approximate surface area is 123 Å². The van der Waals surface area contributed by atoms with Crippen LogP contribution in [-0.4, -0.2) is 13.1 Å². The van der Waals surface area contributed by atoms with E-state index < -0.39 is 5.97 Å². The summed E-state index contributed by atoms with van der Waals surface area (Å²) in [5, 5.41) is 0. The van der Waals surface area contributed by atoms with E-state index in [0.717, 1.165) is 16.9 Å². The zero-order valence-electron chi connectivity index (χ0n) is 11.8. The quantitative estimate of drug-likeness (QED) is 0.520. The van der Waals surface area contributed by atoms with Gasteiger partial charge in [-0.05, 0) is 41.5 Å². The Kier molecular flexibility index (Phi) is 4.99. The van der Waals surface area contributed by atoms with Crippen LogP contribution >= 0.6 is 0 Å². The number of methoxy groups -OCH3 is 1. The van der Waals surface area contributed by atoms with Crippen LogP contribution in [0.5, 0.6) is 5.75 Å². The Bertz CT molecular complexity index is 650. The van der Waals surface area contributed by atoms with E-state index in [0.29, 0.717) is 5.69 Å². The number of nitrogen functional groups attached to an aromatic ring is 1. The third-order valence-electron chi connectivity index (χ3n) is 2.84. The molecule has 4 nitrogen and oxygen atoms in total. The number of nitrogens with two attached hydrogens (primary N) is 1. The molecule has 0 unspecified atom stereocenters. The van der Waals surface area contributed by atoms with Gasteiger partial charge < -0.3 is 15.2 Å². The molecular formula is C17H17NO3. The van der Waals surface area contributed by atoms with Crippen molar-refractivity contribution in [2.45, 2.75) is 6.61 Å². The van der Waals surface area contributed by atoms with E-state index in [1.807, 2.05) is 36.4 Å². The van der Waals surface area contributed by atoms with Crippen LogP contribution in [0.3, 0.4) is 0 Å². The van der Waals surface area contributed by atoms with Crippen LogP contribution in [0.2, 0.25) is 0 Å². The molecule has 2 aromatic rings. The Balaban J connectivity index is 1.90. The van der Waals surface area contributed by atoms with Crippen molar-refractivity contribution in [1.29, 1.82) is 0 Å². The van der Waals surface area contributed by atoms with Crippen molar-refractivity contribution in [3.8, 4) is 5.75 Å². The second kappa shape index (κ2) is 7.14. The van der Waals surface area contributed by atoms with Crippen molar-refractivity contribution in [1.82, 2.24) is 0 Å². The first kappa shape index (κ1) is 14.7. The Hall–Kier alpha value is -2.75. The largest absolute Gasteiger partial charge is 0.497 e. The van der Waals surface area contributed by atoms with Crippen molar-refractivity contribution >= 4 is 17.7 Å². The van der Waals surface area contributed by atoms with E-state index in [1.54, 1.807) is 25.3 Å². The average Bonchev–Trinajstić information content (AvgIpc) is 2.51. The molecule has 0 saturated carbocycles. The van der Waals surface area contributed by atoms with Crippen LogP contribution in [0.25, 0.3) is 6.08 Å². The third-order valence-corrected chi connectivity index (χ3v) is 2.84. The summed E-state index contributed by atoms with van der Waals surface area (Å²) in [6.07, 6.45) is 3.05. The number of carbonyl (C=O) groups is 1. The fraction of sp³-hybridized carbons (Fsp3) is 0.118. The molecule has 0 radical (unpaired) electrons. The molecule has 0 aliphatic heterocycles. The number of ether oxygens (including phenoxy) is 2. The second-order valence-corrected chi connectivity index (χ2v) is 4.46. The van der Waals surface area contributed by atoms with E-state index in [-0.39, 0.29) is 6.61 Å². The summed E-state index contributed by atoms with van der Waals surface area (Å²) in [7, 11) is 1.60. The summed E-state index contributed by atoms with van der Waals surface area (Å²) < 4.78 is 10.3. The van der Waals surface area contributed by atoms with Gasteiger partial charge in [-0.15, -0.1) is 0 Å². The van der Waals surface area contributed by atoms with E-state index in [9.17, 15) is 4.79 Å². The molecule has 2 aromatic carbocycles. The van der Waals surface area contributed by atoms with Gasteiger partial charge in [0, 0.05) is 11.8 Å². The summed E-state index contributed by atoms with van der Waals surface area (Å²) in [4.78, 5) is 11.7. The zero-order chi connectivity index (χ0) is 15.1. The molecule has 0 bridgehead atoms. The molecule has 4 heteroatoms. The number of carbonyl (C=O) groups excluding carboxylic acids is 1. The number of rotatable bonds is 5. The average molecular weight is 283 g/mol. The fourth-order valence-electron chi connectivity index (χ4n) is 1.79. The normalized spacial score (nSPS) is 10.5. The monoisotopic (exact) mass is 283 g/mol. The van der Waals surface area contributed by atoms with Crippen molar-refractivity contribution in [3.63, 3.8) is 0 Å². The highest BCUT2D eigenvalue weighted by Gasteiger charge is 2.00. The van der Waals surface area contributed by atoms with Gasteiger partial charge in [0.1, 0.15) is 12.4 Å². The fourth-order valence-corrected chi connectivity index (χ4v) is 1.79. The standard InChI is InChI=1S/C17H17NO3/c1-20-16-7-3-5-14(11-16)12-21-17(19)9-8-13-4-2-6-15(18)10-13/h2-11H,12,18H2,1H3/b9-8+. The van der Waals surface area contributed by atoms with Gasteiger partial charge in [-0.3, -0.25) is 0 Å². The van der Waals surface area contributed by atoms with E-state index >= 15 is 0 Å². The van der Waals surface area contributed by atoms with Crippen LogP contribution in [0.1, 0.15) is 11.1 Å². The summed E-state index contributed by atoms with van der Waals surface area (Å²) in [5.41, 5.74) is 8.05. The van der Waals surface area contributed by atoms with Gasteiger partial charge in [0.2, 0.25) is 0 Å². The van der Waals surface area contributed by atoms with E-state index in [4.69, 9.17) is 15.2 Å². The SMILES string of the molecule is COc1cccc(COC(=O)/C=C/c2cccc(N)c2)c1. The molecular weight excluding hydrogens is 266 g/mol. The minimum Gasteiger partial charge on any atom is -0.497 e. The van der Waals surface area contributed by atoms with Crippen LogP contribution in [0.4, 0.5) is 5.69 Å². The number of hydrogen-bond acceptors (Lipinski definition) is 4. The molecule has 0 aliphatic carbocycles. The van der Waals surface area contributed by atoms with Gasteiger partial charge in [0.15, 0.2) is 0 Å². The predicted octanol–water partition coefficient (Wildman–Crippen LogP) is 3.03. The molecule has 21 heavy (non-hydrogen) atoms. The molecule has 108 valence electrons. The highest BCUT2D eigenvalue weighted by atomic mass is 16.5. The van der Waals surface area contributed by atoms with Gasteiger partial charge >= 0.3 is 5.97 Å². The maximum absolute atomic E-state index is 11.7. The molecule has 0 aliphatic rings. The number of hydrogen-bond donors (Lipinski definition) is 1. The predicted molar refractivity (Wildman–Crippen MR) is 82.7 cm³/mol. The van der Waals surface area contributed by atoms with Crippen LogP contribution in [-0.2, 0) is 16.1 Å². The lowest BCUT2D eigenvalue weighted by Gasteiger charge is -2.04. The first-order valence-electron chi connectivity index (χ1n) is 6.50. The van der Waals surface area contributed by atoms with E-state index in [2.05, 4.69) is 0 Å². The van der Waals surface area contributed by atoms with Crippen LogP contribution in [0.15, 0.2) is 54.6 Å². The molecule has 0 fully saturated rings. The van der Waals surface area contributed by atoms with Gasteiger partial charge in [-0.1, -0.05) is 24.3 Å². The van der Waals surface area contributed by atoms with Crippen LogP contribution < -0.4 is 10.5 Å². The summed E-state index contributed by atoms with van der Waals surface area (Å²) >= 11 is 0. The maximum Gasteiger partial charge on any atom is 0.331 e. The number of esters is 1. The van der Waals surface area contributed by atoms with Crippen molar-refractivity contribution < 1.29 is 14.3 Å². The molecule has 2 rings (SSSR count). The summed E-state index contributed by atoms with van der Waals surface area (Å²) in [5.74, 6) is 0.332. The molecule has 2 N–H and O–H groups in total. The molecule has 0 spiro atoms. The molecule has 0 aromatic heterocycles. The molecule has 0 saturated heterocycles. The minimum atomic E-state index is -0.403. The van der Waals surface area contributed by atoms with Crippen molar-refractivity contribution in [2.24, 2.45) is 0 Å². The zero-order valence-corrected chi connectivity index (χ0v) is 11.8. The lowest BCUT2D eigenvalue weighted by atomic mass is 10.2. The number of anilines is 1. The highest BCUT2D eigenvalue weighted by Crippen LogP contribution is 2.13. The lowest BCUT2D eigenvalue weighted by Crippen LogP contribution is -2.00. The molecule has 0 heterocycles. The van der Waals surface area contributed by atoms with Crippen molar-refractivity contribution in [2.75, 3.05) is 12.8 Å². The minimum absolute atomic E-state index is 0.206. The Morgan fingerprint density at radius 2 is 2.00 bits per heavy atom. The first-order chi connectivity index (χ1) is 10.2. The lowest BCUT2D eigenvalue weighted by molar-refractivity contribution is -0.138. The van der Waals surface area contributed by atoms with Gasteiger partial charge in [-0.2, -0.15) is 0 Å². The summed E-state index contributed by atoms with van der Waals surface area (Å²) in [6.45, 7) is 0.206. The van der Waals surface area contributed by atoms with Crippen LogP contribution in [0, 0.1) is 0 Å². The third kappa shape index (κ3) is 4.69. The van der Waals surface area contributed by atoms with Crippen molar-refractivity contribution in [3.05, 3.63) is 65.7 Å². The summed E-state index contributed by atoms with van der Waals surface area (Å²) in [6, 6.07) is 14.7. The molecule has 0 atom stereocenters. The van der Waals surface area contributed by atoms with E-state index in [1.165, 1.54) is 6.08 Å². The second-order valence-electron chi connectivity index (χ2n) is 4.46. The van der Waals surface area contributed by atoms with Gasteiger partial charge in [-0.25, -0.2) is 4.79 Å². The highest BCUT2D eigenvalue weighted by molar-refractivity contribution is 5.87.